The highest BCUT2D eigenvalue weighted by Crippen LogP contribution is 2.32. The quantitative estimate of drug-likeness (QED) is 0.654. The summed E-state index contributed by atoms with van der Waals surface area (Å²) in [4.78, 5) is 2.24. The fourth-order valence-corrected chi connectivity index (χ4v) is 1.47. The minimum Gasteiger partial charge on any atom is -0.392 e. The second-order valence-corrected chi connectivity index (χ2v) is 4.02. The van der Waals surface area contributed by atoms with Crippen LogP contribution in [-0.2, 0) is 0 Å². The van der Waals surface area contributed by atoms with Crippen molar-refractivity contribution in [3.63, 3.8) is 0 Å². The number of likely N-dealkylation sites (N-methyl/N-ethyl adjacent to an activating group) is 1. The molecule has 1 fully saturated rings. The van der Waals surface area contributed by atoms with Gasteiger partial charge in [0.1, 0.15) is 0 Å². The summed E-state index contributed by atoms with van der Waals surface area (Å²) in [6.45, 7) is 4.19. The van der Waals surface area contributed by atoms with Gasteiger partial charge in [0.25, 0.3) is 0 Å². The van der Waals surface area contributed by atoms with Crippen molar-refractivity contribution in [2.24, 2.45) is 5.92 Å². The highest BCUT2D eigenvalue weighted by Gasteiger charge is 2.29. The fourth-order valence-electron chi connectivity index (χ4n) is 1.47. The molecular formula is C10H21NO. The SMILES string of the molecule is CCCCN(C)CC(O)C1CC1. The molecule has 2 nitrogen and oxygen atoms in total. The van der Waals surface area contributed by atoms with E-state index in [-0.39, 0.29) is 6.10 Å². The van der Waals surface area contributed by atoms with E-state index in [2.05, 4.69) is 18.9 Å². The molecule has 0 bridgehead atoms. The van der Waals surface area contributed by atoms with Gasteiger partial charge in [-0.1, -0.05) is 13.3 Å². The van der Waals surface area contributed by atoms with E-state index in [0.717, 1.165) is 13.1 Å². The fraction of sp³-hybridized carbons (Fsp3) is 1.00. The number of hydrogen-bond acceptors (Lipinski definition) is 2. The largest absolute Gasteiger partial charge is 0.392 e. The predicted molar refractivity (Wildman–Crippen MR) is 51.1 cm³/mol. The average Bonchev–Trinajstić information content (AvgIpc) is 2.82. The summed E-state index contributed by atoms with van der Waals surface area (Å²) in [5, 5.41) is 9.62. The number of aliphatic hydroxyl groups excluding tert-OH is 1. The molecule has 12 heavy (non-hydrogen) atoms. The Bertz CT molecular complexity index is 123. The van der Waals surface area contributed by atoms with E-state index in [0.29, 0.717) is 5.92 Å². The lowest BCUT2D eigenvalue weighted by Crippen LogP contribution is -2.31. The highest BCUT2D eigenvalue weighted by atomic mass is 16.3. The molecule has 0 heterocycles. The van der Waals surface area contributed by atoms with Crippen molar-refractivity contribution >= 4 is 0 Å². The Morgan fingerprint density at radius 3 is 2.67 bits per heavy atom. The van der Waals surface area contributed by atoms with Crippen LogP contribution in [0.15, 0.2) is 0 Å². The molecular weight excluding hydrogens is 150 g/mol. The Hall–Kier alpha value is -0.0800. The zero-order valence-electron chi connectivity index (χ0n) is 8.29. The zero-order chi connectivity index (χ0) is 8.97. The van der Waals surface area contributed by atoms with Gasteiger partial charge in [0.15, 0.2) is 0 Å². The van der Waals surface area contributed by atoms with Crippen LogP contribution >= 0.6 is 0 Å². The van der Waals surface area contributed by atoms with Gasteiger partial charge >= 0.3 is 0 Å². The maximum atomic E-state index is 9.62. The molecule has 0 aromatic heterocycles. The standard InChI is InChI=1S/C10H21NO/c1-3-4-7-11(2)8-10(12)9-5-6-9/h9-10,12H,3-8H2,1-2H3. The van der Waals surface area contributed by atoms with Crippen LogP contribution in [0.2, 0.25) is 0 Å². The molecule has 0 radical (unpaired) electrons. The zero-order valence-corrected chi connectivity index (χ0v) is 8.29. The van der Waals surface area contributed by atoms with Gasteiger partial charge in [-0.2, -0.15) is 0 Å². The van der Waals surface area contributed by atoms with Gasteiger partial charge in [-0.25, -0.2) is 0 Å². The monoisotopic (exact) mass is 171 g/mol. The van der Waals surface area contributed by atoms with Crippen molar-refractivity contribution in [3.8, 4) is 0 Å². The molecule has 1 aliphatic carbocycles. The van der Waals surface area contributed by atoms with E-state index in [1.165, 1.54) is 25.7 Å². The Morgan fingerprint density at radius 1 is 1.50 bits per heavy atom. The molecule has 1 atom stereocenters. The van der Waals surface area contributed by atoms with Crippen LogP contribution in [0.3, 0.4) is 0 Å². The molecule has 72 valence electrons. The predicted octanol–water partition coefficient (Wildman–Crippen LogP) is 1.49. The molecule has 1 N–H and O–H groups in total. The number of nitrogens with zero attached hydrogens (tertiary/aromatic N) is 1. The molecule has 0 saturated heterocycles. The van der Waals surface area contributed by atoms with Gasteiger partial charge in [-0.15, -0.1) is 0 Å². The van der Waals surface area contributed by atoms with Crippen molar-refractivity contribution in [2.75, 3.05) is 20.1 Å². The molecule has 0 spiro atoms. The topological polar surface area (TPSA) is 23.5 Å². The summed E-state index contributed by atoms with van der Waals surface area (Å²) in [5.41, 5.74) is 0. The van der Waals surface area contributed by atoms with E-state index in [1.807, 2.05) is 0 Å². The van der Waals surface area contributed by atoms with Gasteiger partial charge in [0, 0.05) is 6.54 Å². The second-order valence-electron chi connectivity index (χ2n) is 4.02. The maximum absolute atomic E-state index is 9.62. The molecule has 0 amide bonds. The number of unbranched alkanes of at least 4 members (excludes halogenated alkanes) is 1. The first-order chi connectivity index (χ1) is 5.74. The summed E-state index contributed by atoms with van der Waals surface area (Å²) in [5.74, 6) is 0.620. The van der Waals surface area contributed by atoms with Crippen LogP contribution in [-0.4, -0.2) is 36.2 Å². The molecule has 0 aliphatic heterocycles. The second kappa shape index (κ2) is 4.83. The Morgan fingerprint density at radius 2 is 2.17 bits per heavy atom. The van der Waals surface area contributed by atoms with Crippen LogP contribution in [0.4, 0.5) is 0 Å². The first kappa shape index (κ1) is 10.0. The van der Waals surface area contributed by atoms with Gasteiger partial charge in [0.05, 0.1) is 6.10 Å². The molecule has 1 saturated carbocycles. The minimum atomic E-state index is -0.0631. The van der Waals surface area contributed by atoms with E-state index >= 15 is 0 Å². The average molecular weight is 171 g/mol. The third-order valence-corrected chi connectivity index (χ3v) is 2.56. The van der Waals surface area contributed by atoms with Crippen LogP contribution < -0.4 is 0 Å². The van der Waals surface area contributed by atoms with Crippen molar-refractivity contribution in [3.05, 3.63) is 0 Å². The third kappa shape index (κ3) is 3.55. The van der Waals surface area contributed by atoms with Crippen LogP contribution in [0, 0.1) is 5.92 Å². The molecule has 2 heteroatoms. The van der Waals surface area contributed by atoms with Gasteiger partial charge in [-0.3, -0.25) is 0 Å². The minimum absolute atomic E-state index is 0.0631. The molecule has 1 aliphatic rings. The van der Waals surface area contributed by atoms with E-state index in [9.17, 15) is 5.11 Å². The first-order valence-corrected chi connectivity index (χ1v) is 5.10. The molecule has 1 rings (SSSR count). The Labute approximate surface area is 75.6 Å². The highest BCUT2D eigenvalue weighted by molar-refractivity contribution is 4.82. The van der Waals surface area contributed by atoms with E-state index in [4.69, 9.17) is 0 Å². The van der Waals surface area contributed by atoms with Gasteiger partial charge < -0.3 is 10.0 Å². The first-order valence-electron chi connectivity index (χ1n) is 5.10. The lowest BCUT2D eigenvalue weighted by Gasteiger charge is -2.19. The number of aliphatic hydroxyl groups is 1. The van der Waals surface area contributed by atoms with E-state index in [1.54, 1.807) is 0 Å². The van der Waals surface area contributed by atoms with Crippen molar-refractivity contribution in [1.29, 1.82) is 0 Å². The number of hydrogen-bond donors (Lipinski definition) is 1. The summed E-state index contributed by atoms with van der Waals surface area (Å²) in [6.07, 6.45) is 4.90. The lowest BCUT2D eigenvalue weighted by atomic mass is 10.2. The van der Waals surface area contributed by atoms with E-state index < -0.39 is 0 Å². The lowest BCUT2D eigenvalue weighted by molar-refractivity contribution is 0.106. The normalized spacial score (nSPS) is 20.0. The third-order valence-electron chi connectivity index (χ3n) is 2.56. The van der Waals surface area contributed by atoms with Crippen LogP contribution in [0.1, 0.15) is 32.6 Å². The van der Waals surface area contributed by atoms with Crippen molar-refractivity contribution in [1.82, 2.24) is 4.90 Å². The smallest absolute Gasteiger partial charge is 0.0695 e. The molecule has 1 unspecified atom stereocenters. The van der Waals surface area contributed by atoms with Gasteiger partial charge in [-0.05, 0) is 38.8 Å². The van der Waals surface area contributed by atoms with Crippen molar-refractivity contribution < 1.29 is 5.11 Å². The molecule has 0 aromatic rings. The molecule has 0 aromatic carbocycles. The Kier molecular flexibility index (Phi) is 4.02. The summed E-state index contributed by atoms with van der Waals surface area (Å²) >= 11 is 0. The maximum Gasteiger partial charge on any atom is 0.0695 e. The van der Waals surface area contributed by atoms with Crippen LogP contribution in [0.5, 0.6) is 0 Å². The Balaban J connectivity index is 2.03. The number of rotatable bonds is 6. The van der Waals surface area contributed by atoms with Gasteiger partial charge in [0.2, 0.25) is 0 Å². The van der Waals surface area contributed by atoms with Crippen molar-refractivity contribution in [2.45, 2.75) is 38.7 Å². The summed E-state index contributed by atoms with van der Waals surface area (Å²) in [7, 11) is 2.10. The summed E-state index contributed by atoms with van der Waals surface area (Å²) < 4.78 is 0. The summed E-state index contributed by atoms with van der Waals surface area (Å²) in [6, 6.07) is 0. The van der Waals surface area contributed by atoms with Crippen LogP contribution in [0.25, 0.3) is 0 Å².